The third kappa shape index (κ3) is 6.27. The van der Waals surface area contributed by atoms with Gasteiger partial charge in [0.1, 0.15) is 12.4 Å². The number of unbranched alkanes of at least 4 members (excludes halogenated alkanes) is 1. The van der Waals surface area contributed by atoms with Gasteiger partial charge in [-0.3, -0.25) is 4.99 Å². The minimum Gasteiger partial charge on any atom is -0.492 e. The number of aliphatic imine (C=N–C) groups is 1. The van der Waals surface area contributed by atoms with Crippen molar-refractivity contribution < 1.29 is 4.74 Å². The van der Waals surface area contributed by atoms with Crippen LogP contribution in [-0.4, -0.2) is 44.7 Å². The second-order valence-corrected chi connectivity index (χ2v) is 4.49. The van der Waals surface area contributed by atoms with E-state index in [1.165, 1.54) is 0 Å². The zero-order valence-corrected chi connectivity index (χ0v) is 12.5. The number of nitrogens with zero attached hydrogens (tertiary/aromatic N) is 2. The fourth-order valence-corrected chi connectivity index (χ4v) is 1.81. The van der Waals surface area contributed by atoms with Gasteiger partial charge in [0.2, 0.25) is 0 Å². The van der Waals surface area contributed by atoms with Crippen LogP contribution < -0.4 is 10.1 Å². The van der Waals surface area contributed by atoms with Gasteiger partial charge in [-0.05, 0) is 25.0 Å². The highest BCUT2D eigenvalue weighted by molar-refractivity contribution is 5.79. The van der Waals surface area contributed by atoms with Crippen molar-refractivity contribution in [2.24, 2.45) is 4.99 Å². The molecule has 4 nitrogen and oxygen atoms in total. The minimum absolute atomic E-state index is 0.615. The predicted molar refractivity (Wildman–Crippen MR) is 85.4 cm³/mol. The Balaban J connectivity index is 2.22. The Kier molecular flexibility index (Phi) is 7.96. The Morgan fingerprint density at radius 3 is 2.80 bits per heavy atom. The van der Waals surface area contributed by atoms with E-state index in [-0.39, 0.29) is 0 Å². The summed E-state index contributed by atoms with van der Waals surface area (Å²) in [5.41, 5.74) is 0. The van der Waals surface area contributed by atoms with E-state index in [1.807, 2.05) is 43.5 Å². The maximum Gasteiger partial charge on any atom is 0.193 e. The van der Waals surface area contributed by atoms with Gasteiger partial charge in [-0.2, -0.15) is 0 Å². The molecule has 0 heterocycles. The van der Waals surface area contributed by atoms with E-state index in [2.05, 4.69) is 21.8 Å². The van der Waals surface area contributed by atoms with Gasteiger partial charge < -0.3 is 15.0 Å². The fourth-order valence-electron chi connectivity index (χ4n) is 1.81. The lowest BCUT2D eigenvalue weighted by molar-refractivity contribution is 0.319. The average Bonchev–Trinajstić information content (AvgIpc) is 2.48. The third-order valence-electron chi connectivity index (χ3n) is 2.87. The van der Waals surface area contributed by atoms with E-state index in [0.29, 0.717) is 6.61 Å². The number of hydrogen-bond donors (Lipinski definition) is 1. The van der Waals surface area contributed by atoms with Crippen molar-refractivity contribution in [1.82, 2.24) is 10.2 Å². The summed E-state index contributed by atoms with van der Waals surface area (Å²) in [4.78, 5) is 6.38. The lowest BCUT2D eigenvalue weighted by Gasteiger charge is -2.21. The van der Waals surface area contributed by atoms with Crippen LogP contribution in [0.25, 0.3) is 0 Å². The van der Waals surface area contributed by atoms with E-state index in [1.54, 1.807) is 7.05 Å². The Morgan fingerprint density at radius 1 is 1.40 bits per heavy atom. The Hall–Kier alpha value is -1.97. The van der Waals surface area contributed by atoms with Gasteiger partial charge in [0.25, 0.3) is 0 Å². The molecule has 0 fully saturated rings. The molecule has 1 aromatic carbocycles. The summed E-state index contributed by atoms with van der Waals surface area (Å²) in [5.74, 6) is 1.79. The van der Waals surface area contributed by atoms with E-state index < -0.39 is 0 Å². The molecule has 0 bridgehead atoms. The summed E-state index contributed by atoms with van der Waals surface area (Å²) < 4.78 is 5.63. The lowest BCUT2D eigenvalue weighted by Crippen LogP contribution is -2.41. The first kappa shape index (κ1) is 16.1. The number of rotatable bonds is 8. The van der Waals surface area contributed by atoms with Gasteiger partial charge >= 0.3 is 0 Å². The molecule has 4 heteroatoms. The van der Waals surface area contributed by atoms with Gasteiger partial charge in [0.05, 0.1) is 6.54 Å². The van der Waals surface area contributed by atoms with Crippen LogP contribution >= 0.6 is 0 Å². The van der Waals surface area contributed by atoms with E-state index >= 15 is 0 Å². The van der Waals surface area contributed by atoms with Crippen LogP contribution in [0.1, 0.15) is 12.8 Å². The molecule has 0 amide bonds. The maximum atomic E-state index is 5.63. The first-order chi connectivity index (χ1) is 9.77. The number of guanidine groups is 1. The summed E-state index contributed by atoms with van der Waals surface area (Å²) in [5, 5.41) is 3.29. The molecule has 1 rings (SSSR count). The molecule has 0 unspecified atom stereocenters. The number of nitrogens with one attached hydrogen (secondary N) is 1. The summed E-state index contributed by atoms with van der Waals surface area (Å²) in [6, 6.07) is 9.82. The van der Waals surface area contributed by atoms with Crippen molar-refractivity contribution in [3.8, 4) is 5.75 Å². The van der Waals surface area contributed by atoms with E-state index in [9.17, 15) is 0 Å². The molecular weight excluding hydrogens is 250 g/mol. The average molecular weight is 275 g/mol. The standard InChI is InChI=1S/C16H25N3O/c1-4-5-9-13-19(3)16(17-2)18-12-14-20-15-10-7-6-8-11-15/h4,6-8,10-11H,1,5,9,12-14H2,2-3H3,(H,17,18). The Bertz CT molecular complexity index is 403. The summed E-state index contributed by atoms with van der Waals surface area (Å²) in [7, 11) is 3.83. The molecule has 0 aliphatic heterocycles. The maximum absolute atomic E-state index is 5.63. The molecule has 0 aliphatic carbocycles. The van der Waals surface area contributed by atoms with Crippen molar-refractivity contribution in [1.29, 1.82) is 0 Å². The van der Waals surface area contributed by atoms with Crippen molar-refractivity contribution in [2.75, 3.05) is 33.8 Å². The topological polar surface area (TPSA) is 36.9 Å². The molecule has 0 atom stereocenters. The number of hydrogen-bond acceptors (Lipinski definition) is 2. The predicted octanol–water partition coefficient (Wildman–Crippen LogP) is 2.54. The van der Waals surface area contributed by atoms with Crippen LogP contribution in [0.15, 0.2) is 48.0 Å². The second-order valence-electron chi connectivity index (χ2n) is 4.49. The minimum atomic E-state index is 0.615. The van der Waals surface area contributed by atoms with Crippen LogP contribution in [0.4, 0.5) is 0 Å². The van der Waals surface area contributed by atoms with Gasteiger partial charge in [-0.25, -0.2) is 0 Å². The molecule has 0 aliphatic rings. The molecule has 1 N–H and O–H groups in total. The number of benzene rings is 1. The number of ether oxygens (including phenoxy) is 1. The first-order valence-electron chi connectivity index (χ1n) is 6.98. The molecule has 0 radical (unpaired) electrons. The summed E-state index contributed by atoms with van der Waals surface area (Å²) in [6.45, 7) is 6.04. The molecule has 0 spiro atoms. The molecule has 0 saturated heterocycles. The van der Waals surface area contributed by atoms with E-state index in [0.717, 1.165) is 37.6 Å². The number of allylic oxidation sites excluding steroid dienone is 1. The normalized spacial score (nSPS) is 11.0. The van der Waals surface area contributed by atoms with Crippen molar-refractivity contribution in [2.45, 2.75) is 12.8 Å². The van der Waals surface area contributed by atoms with Crippen LogP contribution in [0, 0.1) is 0 Å². The summed E-state index contributed by atoms with van der Waals surface area (Å²) in [6.07, 6.45) is 4.05. The molecule has 0 aromatic heterocycles. The molecule has 1 aromatic rings. The zero-order valence-electron chi connectivity index (χ0n) is 12.5. The van der Waals surface area contributed by atoms with Crippen molar-refractivity contribution >= 4 is 5.96 Å². The highest BCUT2D eigenvalue weighted by atomic mass is 16.5. The van der Waals surface area contributed by atoms with Crippen molar-refractivity contribution in [3.05, 3.63) is 43.0 Å². The monoisotopic (exact) mass is 275 g/mol. The SMILES string of the molecule is C=CCCCN(C)C(=NC)NCCOc1ccccc1. The number of para-hydroxylation sites is 1. The Labute approximate surface area is 122 Å². The summed E-state index contributed by atoms with van der Waals surface area (Å²) >= 11 is 0. The van der Waals surface area contributed by atoms with Crippen LogP contribution in [-0.2, 0) is 0 Å². The molecular formula is C16H25N3O. The molecule has 0 saturated carbocycles. The van der Waals surface area contributed by atoms with E-state index in [4.69, 9.17) is 4.74 Å². The lowest BCUT2D eigenvalue weighted by atomic mass is 10.3. The largest absolute Gasteiger partial charge is 0.492 e. The highest BCUT2D eigenvalue weighted by Crippen LogP contribution is 2.07. The van der Waals surface area contributed by atoms with Gasteiger partial charge in [0.15, 0.2) is 5.96 Å². The van der Waals surface area contributed by atoms with Crippen molar-refractivity contribution in [3.63, 3.8) is 0 Å². The highest BCUT2D eigenvalue weighted by Gasteiger charge is 2.04. The van der Waals surface area contributed by atoms with Gasteiger partial charge in [0, 0.05) is 20.6 Å². The quantitative estimate of drug-likeness (QED) is 0.343. The van der Waals surface area contributed by atoms with Crippen LogP contribution in [0.3, 0.4) is 0 Å². The van der Waals surface area contributed by atoms with Gasteiger partial charge in [-0.1, -0.05) is 24.3 Å². The first-order valence-corrected chi connectivity index (χ1v) is 6.98. The molecule has 110 valence electrons. The van der Waals surface area contributed by atoms with Crippen LogP contribution in [0.5, 0.6) is 5.75 Å². The third-order valence-corrected chi connectivity index (χ3v) is 2.87. The van der Waals surface area contributed by atoms with Gasteiger partial charge in [-0.15, -0.1) is 6.58 Å². The zero-order chi connectivity index (χ0) is 14.6. The molecule has 20 heavy (non-hydrogen) atoms. The fraction of sp³-hybridized carbons (Fsp3) is 0.438. The second kappa shape index (κ2) is 9.89. The Morgan fingerprint density at radius 2 is 2.15 bits per heavy atom. The van der Waals surface area contributed by atoms with Crippen LogP contribution in [0.2, 0.25) is 0 Å². The smallest absolute Gasteiger partial charge is 0.193 e.